The van der Waals surface area contributed by atoms with Gasteiger partial charge in [0, 0.05) is 0 Å². The minimum Gasteiger partial charge on any atom is -0.465 e. The highest BCUT2D eigenvalue weighted by Crippen LogP contribution is 2.27. The van der Waals surface area contributed by atoms with Crippen LogP contribution >= 0.6 is 0 Å². The first-order valence-corrected chi connectivity index (χ1v) is 10.1. The number of methoxy groups -OCH3 is 1. The predicted octanol–water partition coefficient (Wildman–Crippen LogP) is 4.47. The molecule has 8 nitrogen and oxygen atoms in total. The summed E-state index contributed by atoms with van der Waals surface area (Å²) in [6.07, 6.45) is -1.14. The van der Waals surface area contributed by atoms with Gasteiger partial charge < -0.3 is 19.2 Å². The molecule has 0 aliphatic heterocycles. The molecule has 0 radical (unpaired) electrons. The highest BCUT2D eigenvalue weighted by Gasteiger charge is 2.24. The molecular formula is C25H20N2O6. The number of aromatic nitrogens is 1. The standard InChI is InChI=1S/C25H20N2O6/c1-15(22(28)26-19-12-6-5-11-18(19)24(29)31-2)32-25(30)17-10-4-3-9-16(17)23-27-20-13-7-8-14-21(20)33-23/h3-15H,1-2H3,(H,26,28). The Kier molecular flexibility index (Phi) is 6.17. The second kappa shape index (κ2) is 9.35. The molecule has 0 fully saturated rings. The van der Waals surface area contributed by atoms with Crippen molar-refractivity contribution >= 4 is 34.6 Å². The van der Waals surface area contributed by atoms with Gasteiger partial charge in [-0.3, -0.25) is 4.79 Å². The summed E-state index contributed by atoms with van der Waals surface area (Å²) in [6, 6.07) is 20.3. The maximum absolute atomic E-state index is 12.9. The lowest BCUT2D eigenvalue weighted by atomic mass is 10.1. The molecule has 0 saturated heterocycles. The fourth-order valence-electron chi connectivity index (χ4n) is 3.23. The molecule has 0 saturated carbocycles. The van der Waals surface area contributed by atoms with Crippen LogP contribution in [-0.2, 0) is 14.3 Å². The molecule has 4 aromatic rings. The van der Waals surface area contributed by atoms with Crippen molar-refractivity contribution in [1.82, 2.24) is 4.98 Å². The summed E-state index contributed by atoms with van der Waals surface area (Å²) in [5.41, 5.74) is 2.35. The Bertz CT molecular complexity index is 1310. The van der Waals surface area contributed by atoms with Gasteiger partial charge in [-0.1, -0.05) is 36.4 Å². The van der Waals surface area contributed by atoms with Crippen LogP contribution < -0.4 is 5.32 Å². The number of hydrogen-bond acceptors (Lipinski definition) is 7. The zero-order valence-electron chi connectivity index (χ0n) is 17.9. The van der Waals surface area contributed by atoms with E-state index in [2.05, 4.69) is 10.3 Å². The fourth-order valence-corrected chi connectivity index (χ4v) is 3.23. The zero-order chi connectivity index (χ0) is 23.4. The molecule has 8 heteroatoms. The van der Waals surface area contributed by atoms with Crippen LogP contribution in [0.1, 0.15) is 27.6 Å². The SMILES string of the molecule is COC(=O)c1ccccc1NC(=O)C(C)OC(=O)c1ccccc1-c1nc2ccccc2o1. The quantitative estimate of drug-likeness (QED) is 0.437. The molecule has 1 amide bonds. The number of carbonyl (C=O) groups is 3. The third-order valence-corrected chi connectivity index (χ3v) is 4.91. The molecule has 0 spiro atoms. The van der Waals surface area contributed by atoms with Crippen LogP contribution in [0.3, 0.4) is 0 Å². The summed E-state index contributed by atoms with van der Waals surface area (Å²) in [5.74, 6) is -1.63. The Balaban J connectivity index is 1.52. The molecule has 0 aliphatic rings. The maximum atomic E-state index is 12.9. The van der Waals surface area contributed by atoms with Crippen LogP contribution in [0.2, 0.25) is 0 Å². The van der Waals surface area contributed by atoms with Gasteiger partial charge in [-0.05, 0) is 43.3 Å². The van der Waals surface area contributed by atoms with E-state index in [1.165, 1.54) is 20.1 Å². The van der Waals surface area contributed by atoms with E-state index < -0.39 is 23.9 Å². The third-order valence-electron chi connectivity index (χ3n) is 4.91. The summed E-state index contributed by atoms with van der Waals surface area (Å²) in [5, 5.41) is 2.60. The van der Waals surface area contributed by atoms with Gasteiger partial charge in [0.15, 0.2) is 11.7 Å². The fraction of sp³-hybridized carbons (Fsp3) is 0.120. The monoisotopic (exact) mass is 444 g/mol. The third kappa shape index (κ3) is 4.59. The van der Waals surface area contributed by atoms with Gasteiger partial charge in [0.2, 0.25) is 5.89 Å². The number of esters is 2. The molecule has 1 aromatic heterocycles. The van der Waals surface area contributed by atoms with Gasteiger partial charge in [-0.2, -0.15) is 0 Å². The first kappa shape index (κ1) is 21.8. The number of nitrogens with zero attached hydrogens (tertiary/aromatic N) is 1. The van der Waals surface area contributed by atoms with E-state index in [0.29, 0.717) is 16.7 Å². The number of oxazole rings is 1. The number of carbonyl (C=O) groups excluding carboxylic acids is 3. The van der Waals surface area contributed by atoms with Crippen molar-refractivity contribution in [2.24, 2.45) is 0 Å². The van der Waals surface area contributed by atoms with E-state index in [0.717, 1.165) is 0 Å². The van der Waals surface area contributed by atoms with Gasteiger partial charge in [-0.25, -0.2) is 14.6 Å². The van der Waals surface area contributed by atoms with Gasteiger partial charge >= 0.3 is 11.9 Å². The van der Waals surface area contributed by atoms with Crippen molar-refractivity contribution in [2.45, 2.75) is 13.0 Å². The van der Waals surface area contributed by atoms with E-state index in [4.69, 9.17) is 13.9 Å². The second-order valence-corrected chi connectivity index (χ2v) is 7.11. The Hall–Kier alpha value is -4.46. The molecule has 3 aromatic carbocycles. The van der Waals surface area contributed by atoms with Crippen molar-refractivity contribution in [3.05, 3.63) is 83.9 Å². The maximum Gasteiger partial charge on any atom is 0.339 e. The number of amides is 1. The van der Waals surface area contributed by atoms with Gasteiger partial charge in [0.25, 0.3) is 5.91 Å². The number of ether oxygens (including phenoxy) is 2. The molecule has 4 rings (SSSR count). The number of para-hydroxylation sites is 3. The Morgan fingerprint density at radius 1 is 0.879 bits per heavy atom. The van der Waals surface area contributed by atoms with E-state index in [-0.39, 0.29) is 22.7 Å². The number of nitrogens with one attached hydrogen (secondary N) is 1. The summed E-state index contributed by atoms with van der Waals surface area (Å²) in [6.45, 7) is 1.44. The molecule has 1 heterocycles. The van der Waals surface area contributed by atoms with Gasteiger partial charge in [0.05, 0.1) is 29.5 Å². The van der Waals surface area contributed by atoms with E-state index >= 15 is 0 Å². The van der Waals surface area contributed by atoms with E-state index in [9.17, 15) is 14.4 Å². The lowest BCUT2D eigenvalue weighted by Gasteiger charge is -2.15. The normalized spacial score (nSPS) is 11.6. The summed E-state index contributed by atoms with van der Waals surface area (Å²) >= 11 is 0. The second-order valence-electron chi connectivity index (χ2n) is 7.11. The van der Waals surface area contributed by atoms with Crippen LogP contribution in [0.15, 0.2) is 77.2 Å². The van der Waals surface area contributed by atoms with Crippen molar-refractivity contribution < 1.29 is 28.3 Å². The van der Waals surface area contributed by atoms with E-state index in [1.54, 1.807) is 48.5 Å². The average Bonchev–Trinajstić information content (AvgIpc) is 3.28. The van der Waals surface area contributed by atoms with Crippen LogP contribution in [0.4, 0.5) is 5.69 Å². The van der Waals surface area contributed by atoms with E-state index in [1.807, 2.05) is 18.2 Å². The highest BCUT2D eigenvalue weighted by atomic mass is 16.5. The van der Waals surface area contributed by atoms with Crippen molar-refractivity contribution in [1.29, 1.82) is 0 Å². The molecule has 1 unspecified atom stereocenters. The molecule has 166 valence electrons. The van der Waals surface area contributed by atoms with Crippen LogP contribution in [0.25, 0.3) is 22.6 Å². The average molecular weight is 444 g/mol. The van der Waals surface area contributed by atoms with Gasteiger partial charge in [-0.15, -0.1) is 0 Å². The molecular weight excluding hydrogens is 424 g/mol. The lowest BCUT2D eigenvalue weighted by molar-refractivity contribution is -0.123. The smallest absolute Gasteiger partial charge is 0.339 e. The van der Waals surface area contributed by atoms with Crippen molar-refractivity contribution in [2.75, 3.05) is 12.4 Å². The number of rotatable bonds is 6. The lowest BCUT2D eigenvalue weighted by Crippen LogP contribution is -2.30. The summed E-state index contributed by atoms with van der Waals surface area (Å²) in [4.78, 5) is 41.9. The van der Waals surface area contributed by atoms with Crippen molar-refractivity contribution in [3.63, 3.8) is 0 Å². The predicted molar refractivity (Wildman–Crippen MR) is 121 cm³/mol. The first-order chi connectivity index (χ1) is 16.0. The minimum absolute atomic E-state index is 0.188. The zero-order valence-corrected chi connectivity index (χ0v) is 17.9. The molecule has 1 atom stereocenters. The van der Waals surface area contributed by atoms with Gasteiger partial charge in [0.1, 0.15) is 5.52 Å². The Morgan fingerprint density at radius 2 is 1.55 bits per heavy atom. The van der Waals surface area contributed by atoms with Crippen molar-refractivity contribution in [3.8, 4) is 11.5 Å². The molecule has 33 heavy (non-hydrogen) atoms. The molecule has 0 bridgehead atoms. The number of anilines is 1. The minimum atomic E-state index is -1.14. The number of hydrogen-bond donors (Lipinski definition) is 1. The summed E-state index contributed by atoms with van der Waals surface area (Å²) < 4.78 is 15.9. The number of fused-ring (bicyclic) bond motifs is 1. The highest BCUT2D eigenvalue weighted by molar-refractivity contribution is 6.04. The van der Waals surface area contributed by atoms with Crippen LogP contribution in [0.5, 0.6) is 0 Å². The number of benzene rings is 3. The topological polar surface area (TPSA) is 108 Å². The molecule has 1 N–H and O–H groups in total. The van der Waals surface area contributed by atoms with Crippen LogP contribution in [0, 0.1) is 0 Å². The molecule has 0 aliphatic carbocycles. The first-order valence-electron chi connectivity index (χ1n) is 10.1. The Morgan fingerprint density at radius 3 is 2.30 bits per heavy atom. The Labute approximate surface area is 189 Å². The largest absolute Gasteiger partial charge is 0.465 e. The summed E-state index contributed by atoms with van der Waals surface area (Å²) in [7, 11) is 1.25. The van der Waals surface area contributed by atoms with Crippen LogP contribution in [-0.4, -0.2) is 36.0 Å².